The number of pyridine rings is 1. The Balaban J connectivity index is 2.00. The molecule has 0 saturated carbocycles. The highest BCUT2D eigenvalue weighted by Gasteiger charge is 2.16. The summed E-state index contributed by atoms with van der Waals surface area (Å²) in [6.07, 6.45) is 3.68. The van der Waals surface area contributed by atoms with E-state index in [1.165, 1.54) is 0 Å². The van der Waals surface area contributed by atoms with Crippen LogP contribution in [-0.2, 0) is 4.79 Å². The van der Waals surface area contributed by atoms with Crippen LogP contribution in [0.2, 0.25) is 0 Å². The summed E-state index contributed by atoms with van der Waals surface area (Å²) < 4.78 is 0. The van der Waals surface area contributed by atoms with Crippen molar-refractivity contribution in [2.45, 2.75) is 19.4 Å². The molecule has 1 aliphatic rings. The quantitative estimate of drug-likeness (QED) is 0.799. The second kappa shape index (κ2) is 5.82. The Morgan fingerprint density at radius 2 is 2.11 bits per heavy atom. The van der Waals surface area contributed by atoms with E-state index in [1.807, 2.05) is 18.3 Å². The van der Waals surface area contributed by atoms with Crippen molar-refractivity contribution in [2.75, 3.05) is 31.1 Å². The third-order valence-electron chi connectivity index (χ3n) is 3.43. The summed E-state index contributed by atoms with van der Waals surface area (Å²) in [4.78, 5) is 19.1. The molecule has 2 rings (SSSR count). The van der Waals surface area contributed by atoms with E-state index in [1.54, 1.807) is 4.90 Å². The lowest BCUT2D eigenvalue weighted by atomic mass is 10.1. The number of hydrogen-bond donors (Lipinski definition) is 1. The minimum Gasteiger partial charge on any atom is -0.353 e. The molecule has 0 unspecified atom stereocenters. The maximum absolute atomic E-state index is 10.6. The van der Waals surface area contributed by atoms with E-state index < -0.39 is 0 Å². The summed E-state index contributed by atoms with van der Waals surface area (Å²) in [6, 6.07) is 4.13. The Morgan fingerprint density at radius 3 is 2.61 bits per heavy atom. The van der Waals surface area contributed by atoms with Crippen LogP contribution in [0.5, 0.6) is 0 Å². The number of hydrogen-bond acceptors (Lipinski definition) is 4. The van der Waals surface area contributed by atoms with Crippen LogP contribution in [0.4, 0.5) is 5.82 Å². The summed E-state index contributed by atoms with van der Waals surface area (Å²) in [5.41, 5.74) is 7.04. The molecule has 1 amide bonds. The molecule has 0 spiro atoms. The largest absolute Gasteiger partial charge is 0.353 e. The van der Waals surface area contributed by atoms with Crippen molar-refractivity contribution in [3.05, 3.63) is 23.9 Å². The van der Waals surface area contributed by atoms with Gasteiger partial charge in [-0.25, -0.2) is 4.98 Å². The number of anilines is 1. The van der Waals surface area contributed by atoms with Gasteiger partial charge in [0.1, 0.15) is 5.82 Å². The second-order valence-corrected chi connectivity index (χ2v) is 4.59. The van der Waals surface area contributed by atoms with Crippen molar-refractivity contribution in [1.82, 2.24) is 9.88 Å². The van der Waals surface area contributed by atoms with E-state index in [0.717, 1.165) is 50.4 Å². The average Bonchev–Trinajstić information content (AvgIpc) is 2.47. The topological polar surface area (TPSA) is 62.5 Å². The number of amides is 1. The maximum Gasteiger partial charge on any atom is 0.209 e. The number of rotatable bonds is 4. The highest BCUT2D eigenvalue weighted by molar-refractivity contribution is 5.49. The fraction of sp³-hybridized carbons (Fsp3) is 0.538. The minimum absolute atomic E-state index is 0.0680. The van der Waals surface area contributed by atoms with E-state index in [0.29, 0.717) is 0 Å². The second-order valence-electron chi connectivity index (χ2n) is 4.59. The molecule has 1 aromatic heterocycles. The molecular weight excluding hydrogens is 228 g/mol. The fourth-order valence-electron chi connectivity index (χ4n) is 2.10. The smallest absolute Gasteiger partial charge is 0.209 e. The molecule has 1 saturated heterocycles. The zero-order valence-electron chi connectivity index (χ0n) is 10.7. The Hall–Kier alpha value is -1.62. The number of nitrogens with zero attached hydrogens (tertiary/aromatic N) is 3. The molecular formula is C13H20N4O. The van der Waals surface area contributed by atoms with E-state index in [9.17, 15) is 4.79 Å². The third-order valence-corrected chi connectivity index (χ3v) is 3.43. The number of carbonyl (C=O) groups is 1. The fourth-order valence-corrected chi connectivity index (χ4v) is 2.10. The Kier molecular flexibility index (Phi) is 4.15. The van der Waals surface area contributed by atoms with E-state index in [2.05, 4.69) is 16.8 Å². The van der Waals surface area contributed by atoms with E-state index in [4.69, 9.17) is 5.73 Å². The molecule has 0 aliphatic carbocycles. The van der Waals surface area contributed by atoms with Gasteiger partial charge in [-0.3, -0.25) is 4.79 Å². The number of aromatic nitrogens is 1. The molecule has 18 heavy (non-hydrogen) atoms. The van der Waals surface area contributed by atoms with Crippen LogP contribution in [0.15, 0.2) is 18.3 Å². The molecule has 1 fully saturated rings. The van der Waals surface area contributed by atoms with E-state index >= 15 is 0 Å². The molecule has 2 N–H and O–H groups in total. The van der Waals surface area contributed by atoms with Gasteiger partial charge >= 0.3 is 0 Å². The standard InChI is InChI=1S/C13H20N4O/c1-2-12(14)11-3-4-13(15-9-11)17-7-5-16(10-18)6-8-17/h3-4,9-10,12H,2,5-8,14H2,1H3/t12-/m1/s1. The normalized spacial score (nSPS) is 17.7. The van der Waals surface area contributed by atoms with E-state index in [-0.39, 0.29) is 6.04 Å². The lowest BCUT2D eigenvalue weighted by Crippen LogP contribution is -2.46. The first-order valence-electron chi connectivity index (χ1n) is 6.40. The number of piperazine rings is 1. The maximum atomic E-state index is 10.6. The van der Waals surface area contributed by atoms with Crippen molar-refractivity contribution in [2.24, 2.45) is 5.73 Å². The van der Waals surface area contributed by atoms with Crippen molar-refractivity contribution < 1.29 is 4.79 Å². The first-order chi connectivity index (χ1) is 8.74. The highest BCUT2D eigenvalue weighted by Crippen LogP contribution is 2.17. The van der Waals surface area contributed by atoms with Crippen molar-refractivity contribution in [3.63, 3.8) is 0 Å². The zero-order chi connectivity index (χ0) is 13.0. The molecule has 0 bridgehead atoms. The van der Waals surface area contributed by atoms with Crippen LogP contribution < -0.4 is 10.6 Å². The van der Waals surface area contributed by atoms with Gasteiger partial charge in [0.25, 0.3) is 0 Å². The average molecular weight is 248 g/mol. The van der Waals surface area contributed by atoms with Gasteiger partial charge in [0.15, 0.2) is 0 Å². The van der Waals surface area contributed by atoms with Crippen molar-refractivity contribution in [1.29, 1.82) is 0 Å². The molecule has 1 aliphatic heterocycles. The van der Waals surface area contributed by atoms with Crippen LogP contribution in [0.25, 0.3) is 0 Å². The number of nitrogens with two attached hydrogens (primary N) is 1. The van der Waals surface area contributed by atoms with Crippen molar-refractivity contribution in [3.8, 4) is 0 Å². The highest BCUT2D eigenvalue weighted by atomic mass is 16.1. The van der Waals surface area contributed by atoms with Gasteiger partial charge in [-0.05, 0) is 18.1 Å². The Bertz CT molecular complexity index is 384. The SMILES string of the molecule is CC[C@@H](N)c1ccc(N2CCN(C=O)CC2)nc1. The summed E-state index contributed by atoms with van der Waals surface area (Å²) >= 11 is 0. The van der Waals surface area contributed by atoms with Gasteiger partial charge in [-0.2, -0.15) is 0 Å². The van der Waals surface area contributed by atoms with Gasteiger partial charge < -0.3 is 15.5 Å². The van der Waals surface area contributed by atoms with Crippen LogP contribution in [-0.4, -0.2) is 42.5 Å². The van der Waals surface area contributed by atoms with Crippen LogP contribution >= 0.6 is 0 Å². The molecule has 5 nitrogen and oxygen atoms in total. The van der Waals surface area contributed by atoms with Crippen LogP contribution in [0, 0.1) is 0 Å². The van der Waals surface area contributed by atoms with Crippen molar-refractivity contribution >= 4 is 12.2 Å². The molecule has 2 heterocycles. The zero-order valence-corrected chi connectivity index (χ0v) is 10.7. The van der Waals surface area contributed by atoms with Crippen LogP contribution in [0.3, 0.4) is 0 Å². The van der Waals surface area contributed by atoms with Gasteiger partial charge in [0, 0.05) is 38.4 Å². The van der Waals surface area contributed by atoms with Gasteiger partial charge in [-0.1, -0.05) is 13.0 Å². The van der Waals surface area contributed by atoms with Gasteiger partial charge in [-0.15, -0.1) is 0 Å². The van der Waals surface area contributed by atoms with Gasteiger partial charge in [0.05, 0.1) is 0 Å². The molecule has 0 aromatic carbocycles. The molecule has 0 radical (unpaired) electrons. The molecule has 5 heteroatoms. The monoisotopic (exact) mass is 248 g/mol. The van der Waals surface area contributed by atoms with Crippen LogP contribution in [0.1, 0.15) is 24.9 Å². The lowest BCUT2D eigenvalue weighted by Gasteiger charge is -2.33. The minimum atomic E-state index is 0.0680. The molecule has 98 valence electrons. The lowest BCUT2D eigenvalue weighted by molar-refractivity contribution is -0.118. The summed E-state index contributed by atoms with van der Waals surface area (Å²) in [6.45, 7) is 5.27. The predicted molar refractivity (Wildman–Crippen MR) is 71.3 cm³/mol. The summed E-state index contributed by atoms with van der Waals surface area (Å²) in [5.74, 6) is 0.965. The third kappa shape index (κ3) is 2.79. The summed E-state index contributed by atoms with van der Waals surface area (Å²) in [5, 5.41) is 0. The molecule has 1 atom stereocenters. The first kappa shape index (κ1) is 12.8. The first-order valence-corrected chi connectivity index (χ1v) is 6.40. The van der Waals surface area contributed by atoms with Gasteiger partial charge in [0.2, 0.25) is 6.41 Å². The summed E-state index contributed by atoms with van der Waals surface area (Å²) in [7, 11) is 0. The Morgan fingerprint density at radius 1 is 1.39 bits per heavy atom. The molecule has 1 aromatic rings. The Labute approximate surface area is 108 Å². The number of carbonyl (C=O) groups excluding carboxylic acids is 1. The predicted octanol–water partition coefficient (Wildman–Crippen LogP) is 0.770.